The Hall–Kier alpha value is -2.04. The summed E-state index contributed by atoms with van der Waals surface area (Å²) in [4.78, 5) is 25.1. The third kappa shape index (κ3) is 1.55. The summed E-state index contributed by atoms with van der Waals surface area (Å²) in [6.45, 7) is 0. The molecule has 0 bridgehead atoms. The van der Waals surface area contributed by atoms with Crippen molar-refractivity contribution >= 4 is 42.8 Å². The normalized spacial score (nSPS) is 11.4. The lowest BCUT2D eigenvalue weighted by atomic mass is 10.1. The second-order valence-electron chi connectivity index (χ2n) is 4.51. The van der Waals surface area contributed by atoms with Crippen LogP contribution in [0.25, 0.3) is 20.2 Å². The van der Waals surface area contributed by atoms with E-state index in [1.807, 2.05) is 24.3 Å². The molecule has 1 aliphatic heterocycles. The van der Waals surface area contributed by atoms with Crippen LogP contribution in [0.1, 0.15) is 0 Å². The molecule has 4 heteroatoms. The SMILES string of the molecule is O=c1c2sc3ccccc3sc=2c(=O)c2ccccc12. The van der Waals surface area contributed by atoms with E-state index < -0.39 is 0 Å². The first-order valence-corrected chi connectivity index (χ1v) is 7.76. The van der Waals surface area contributed by atoms with Crippen LogP contribution in [0.15, 0.2) is 58.1 Å². The highest BCUT2D eigenvalue weighted by molar-refractivity contribution is 7.26. The molecule has 0 unspecified atom stereocenters. The van der Waals surface area contributed by atoms with Gasteiger partial charge in [0.1, 0.15) is 0 Å². The topological polar surface area (TPSA) is 34.1 Å². The predicted molar refractivity (Wildman–Crippen MR) is 85.0 cm³/mol. The van der Waals surface area contributed by atoms with Crippen molar-refractivity contribution in [1.29, 1.82) is 0 Å². The Bertz CT molecular complexity index is 1050. The van der Waals surface area contributed by atoms with Crippen molar-refractivity contribution < 1.29 is 0 Å². The van der Waals surface area contributed by atoms with Crippen LogP contribution in [0.5, 0.6) is 0 Å². The minimum Gasteiger partial charge on any atom is -0.288 e. The van der Waals surface area contributed by atoms with Gasteiger partial charge in [-0.1, -0.05) is 36.4 Å². The van der Waals surface area contributed by atoms with Crippen molar-refractivity contribution in [3.8, 4) is 0 Å². The van der Waals surface area contributed by atoms with Gasteiger partial charge in [-0.15, -0.1) is 22.7 Å². The Labute approximate surface area is 121 Å². The second kappa shape index (κ2) is 4.23. The van der Waals surface area contributed by atoms with Crippen molar-refractivity contribution in [3.63, 3.8) is 0 Å². The minimum atomic E-state index is -0.0396. The Kier molecular flexibility index (Phi) is 2.49. The summed E-state index contributed by atoms with van der Waals surface area (Å²) >= 11 is 2.81. The highest BCUT2D eigenvalue weighted by Gasteiger charge is 2.09. The Morgan fingerprint density at radius 3 is 1.45 bits per heavy atom. The molecule has 0 radical (unpaired) electrons. The van der Waals surface area contributed by atoms with Crippen molar-refractivity contribution in [2.24, 2.45) is 0 Å². The van der Waals surface area contributed by atoms with Gasteiger partial charge in [-0.2, -0.15) is 0 Å². The van der Waals surface area contributed by atoms with E-state index in [9.17, 15) is 9.59 Å². The third-order valence-electron chi connectivity index (χ3n) is 3.31. The molecule has 2 aromatic carbocycles. The van der Waals surface area contributed by atoms with E-state index in [1.54, 1.807) is 24.3 Å². The zero-order valence-corrected chi connectivity index (χ0v) is 11.9. The van der Waals surface area contributed by atoms with Crippen LogP contribution >= 0.6 is 22.7 Å². The van der Waals surface area contributed by atoms with Crippen LogP contribution in [-0.2, 0) is 0 Å². The lowest BCUT2D eigenvalue weighted by Gasteiger charge is -1.99. The molecule has 1 aliphatic carbocycles. The van der Waals surface area contributed by atoms with E-state index in [1.165, 1.54) is 22.7 Å². The molecule has 0 aromatic heterocycles. The molecule has 0 spiro atoms. The minimum absolute atomic E-state index is 0.0396. The lowest BCUT2D eigenvalue weighted by molar-refractivity contribution is 1.55. The maximum Gasteiger partial charge on any atom is 0.205 e. The molecule has 0 fully saturated rings. The van der Waals surface area contributed by atoms with Gasteiger partial charge in [0.15, 0.2) is 0 Å². The van der Waals surface area contributed by atoms with Crippen LogP contribution in [0.3, 0.4) is 0 Å². The van der Waals surface area contributed by atoms with Crippen molar-refractivity contribution in [1.82, 2.24) is 0 Å². The van der Waals surface area contributed by atoms with Gasteiger partial charge in [0.2, 0.25) is 10.9 Å². The van der Waals surface area contributed by atoms with Gasteiger partial charge in [0.25, 0.3) is 0 Å². The molecule has 20 heavy (non-hydrogen) atoms. The summed E-state index contributed by atoms with van der Waals surface area (Å²) in [6, 6.07) is 14.9. The van der Waals surface area contributed by atoms with Crippen molar-refractivity contribution in [3.05, 3.63) is 78.0 Å². The van der Waals surface area contributed by atoms with E-state index in [4.69, 9.17) is 0 Å². The maximum absolute atomic E-state index is 12.6. The average Bonchev–Trinajstić information content (AvgIpc) is 2.51. The molecule has 0 N–H and O–H groups in total. The van der Waals surface area contributed by atoms with E-state index in [0.717, 1.165) is 9.40 Å². The number of benzene rings is 2. The van der Waals surface area contributed by atoms with Gasteiger partial charge in [-0.3, -0.25) is 9.59 Å². The van der Waals surface area contributed by atoms with Crippen LogP contribution in [-0.4, -0.2) is 0 Å². The Balaban J connectivity index is 2.45. The van der Waals surface area contributed by atoms with Gasteiger partial charge >= 0.3 is 0 Å². The van der Waals surface area contributed by atoms with Crippen LogP contribution in [0.2, 0.25) is 0 Å². The van der Waals surface area contributed by atoms with Crippen LogP contribution in [0.4, 0.5) is 0 Å². The fourth-order valence-corrected chi connectivity index (χ4v) is 4.70. The Morgan fingerprint density at radius 2 is 1.00 bits per heavy atom. The average molecular weight is 296 g/mol. The molecule has 0 atom stereocenters. The number of hydrogen-bond donors (Lipinski definition) is 0. The first kappa shape index (κ1) is 11.8. The number of hydrogen-bond acceptors (Lipinski definition) is 4. The molecule has 2 aromatic rings. The monoisotopic (exact) mass is 296 g/mol. The van der Waals surface area contributed by atoms with Gasteiger partial charge < -0.3 is 0 Å². The standard InChI is InChI=1S/C16H8O2S2/c17-13-9-5-1-2-6-10(9)14(18)16-15(13)19-11-7-3-4-8-12(11)20-16/h1-8H. The largest absolute Gasteiger partial charge is 0.288 e. The first-order chi connectivity index (χ1) is 9.75. The summed E-state index contributed by atoms with van der Waals surface area (Å²) in [7, 11) is 0. The summed E-state index contributed by atoms with van der Waals surface area (Å²) in [5.41, 5.74) is -0.0793. The fraction of sp³-hybridized carbons (Fsp3) is 0. The summed E-state index contributed by atoms with van der Waals surface area (Å²) in [5.74, 6) is 0. The molecule has 1 heterocycles. The molecule has 0 saturated heterocycles. The maximum atomic E-state index is 12.6. The Morgan fingerprint density at radius 1 is 0.600 bits per heavy atom. The van der Waals surface area contributed by atoms with Crippen molar-refractivity contribution in [2.75, 3.05) is 0 Å². The summed E-state index contributed by atoms with van der Waals surface area (Å²) < 4.78 is 3.21. The van der Waals surface area contributed by atoms with E-state index in [0.29, 0.717) is 19.8 Å². The lowest BCUT2D eigenvalue weighted by Crippen LogP contribution is -2.13. The smallest absolute Gasteiger partial charge is 0.205 e. The van der Waals surface area contributed by atoms with E-state index in [2.05, 4.69) is 0 Å². The quantitative estimate of drug-likeness (QED) is 0.497. The van der Waals surface area contributed by atoms with Crippen LogP contribution < -0.4 is 10.9 Å². The third-order valence-corrected chi connectivity index (χ3v) is 5.91. The molecule has 4 rings (SSSR count). The van der Waals surface area contributed by atoms with Crippen LogP contribution in [0, 0.1) is 9.06 Å². The zero-order valence-electron chi connectivity index (χ0n) is 10.3. The zero-order chi connectivity index (χ0) is 13.7. The van der Waals surface area contributed by atoms with E-state index >= 15 is 0 Å². The van der Waals surface area contributed by atoms with E-state index in [-0.39, 0.29) is 10.9 Å². The highest BCUT2D eigenvalue weighted by Crippen LogP contribution is 2.24. The molecule has 0 saturated carbocycles. The molecular formula is C16H8O2S2. The molecule has 96 valence electrons. The second-order valence-corrected chi connectivity index (χ2v) is 6.62. The highest BCUT2D eigenvalue weighted by atomic mass is 32.1. The molecule has 0 amide bonds. The van der Waals surface area contributed by atoms with Gasteiger partial charge in [0.05, 0.1) is 9.06 Å². The fourth-order valence-electron chi connectivity index (χ4n) is 2.35. The van der Waals surface area contributed by atoms with Gasteiger partial charge in [0, 0.05) is 20.2 Å². The molecule has 2 nitrogen and oxygen atoms in total. The molecular weight excluding hydrogens is 288 g/mol. The van der Waals surface area contributed by atoms with Gasteiger partial charge in [-0.05, 0) is 12.1 Å². The predicted octanol–water partition coefficient (Wildman–Crippen LogP) is 3.56. The van der Waals surface area contributed by atoms with Crippen molar-refractivity contribution in [2.45, 2.75) is 0 Å². The first-order valence-electron chi connectivity index (χ1n) is 6.13. The number of fused-ring (bicyclic) bond motifs is 2. The summed E-state index contributed by atoms with van der Waals surface area (Å²) in [6.07, 6.45) is 0. The van der Waals surface area contributed by atoms with Gasteiger partial charge in [-0.25, -0.2) is 0 Å². The number of rotatable bonds is 0. The molecule has 2 aliphatic rings. The summed E-state index contributed by atoms with van der Waals surface area (Å²) in [5, 5.41) is 1.03.